The first kappa shape index (κ1) is 53.7. The van der Waals surface area contributed by atoms with Crippen molar-refractivity contribution < 1.29 is 0 Å². The minimum absolute atomic E-state index is 0.405. The summed E-state index contributed by atoms with van der Waals surface area (Å²) < 4.78 is 9.57. The topological polar surface area (TPSA) is 67.3 Å². The van der Waals surface area contributed by atoms with Crippen LogP contribution in [0.5, 0.6) is 0 Å². The third-order valence-electron chi connectivity index (χ3n) is 23.2. The Morgan fingerprint density at radius 1 is 0.200 bits per heavy atom. The van der Waals surface area contributed by atoms with E-state index in [0.29, 0.717) is 33.9 Å². The number of rotatable bonds is 4. The molecular formula is C94H52N6. The molecule has 2 spiro atoms. The molecular weight excluding hydrogens is 1210 g/mol. The molecule has 0 bridgehead atoms. The highest BCUT2D eigenvalue weighted by Crippen LogP contribution is 2.67. The van der Waals surface area contributed by atoms with Crippen LogP contribution in [0.1, 0.15) is 55.6 Å². The maximum atomic E-state index is 13.7. The molecule has 0 atom stereocenters. The van der Waals surface area contributed by atoms with Gasteiger partial charge in [0.05, 0.1) is 77.7 Å². The molecule has 0 fully saturated rings. The number of para-hydroxylation sites is 6. The van der Waals surface area contributed by atoms with Gasteiger partial charge in [-0.3, -0.25) is 0 Å². The monoisotopic (exact) mass is 1260 g/mol. The molecule has 0 aliphatic heterocycles. The summed E-state index contributed by atoms with van der Waals surface area (Å²) in [7, 11) is 0. The Bertz CT molecular complexity index is 6430. The maximum Gasteiger partial charge on any atom is 0.104 e. The van der Waals surface area contributed by atoms with Crippen molar-refractivity contribution in [3.8, 4) is 79.4 Å². The highest BCUT2D eigenvalue weighted by atomic mass is 15.1. The van der Waals surface area contributed by atoms with Gasteiger partial charge in [0.15, 0.2) is 0 Å². The van der Waals surface area contributed by atoms with Crippen molar-refractivity contribution in [2.75, 3.05) is 0 Å². The fraction of sp³-hybridized carbons (Fsp3) is 0.0213. The fourth-order valence-corrected chi connectivity index (χ4v) is 19.8. The summed E-state index contributed by atoms with van der Waals surface area (Å²) >= 11 is 0. The van der Waals surface area contributed by atoms with E-state index in [9.17, 15) is 10.5 Å². The zero-order chi connectivity index (χ0) is 65.4. The Morgan fingerprint density at radius 3 is 0.680 bits per heavy atom. The Hall–Kier alpha value is -13.5. The summed E-state index contributed by atoms with van der Waals surface area (Å²) in [5.41, 5.74) is 27.9. The molecule has 19 aromatic rings. The molecule has 4 heterocycles. The molecule has 6 heteroatoms. The summed E-state index contributed by atoms with van der Waals surface area (Å²) in [6.07, 6.45) is 0. The lowest BCUT2D eigenvalue weighted by molar-refractivity contribution is 0.796. The molecule has 0 saturated heterocycles. The summed E-state index contributed by atoms with van der Waals surface area (Å²) in [4.78, 5) is 0. The van der Waals surface area contributed by atoms with E-state index in [2.05, 4.69) is 346 Å². The Balaban J connectivity index is 1.01. The first-order valence-corrected chi connectivity index (χ1v) is 34.4. The van der Waals surface area contributed by atoms with Gasteiger partial charge in [0.1, 0.15) is 23.3 Å². The molecule has 0 amide bonds. The van der Waals surface area contributed by atoms with E-state index in [1.54, 1.807) is 0 Å². The van der Waals surface area contributed by atoms with Gasteiger partial charge in [-0.15, -0.1) is 0 Å². The Kier molecular flexibility index (Phi) is 10.3. The lowest BCUT2D eigenvalue weighted by atomic mass is 9.70. The van der Waals surface area contributed by atoms with E-state index in [1.165, 1.54) is 55.6 Å². The summed E-state index contributed by atoms with van der Waals surface area (Å²) in [6, 6.07) is 122. The highest BCUT2D eigenvalue weighted by Gasteiger charge is 2.55. The van der Waals surface area contributed by atoms with E-state index < -0.39 is 10.8 Å². The zero-order valence-corrected chi connectivity index (χ0v) is 53.7. The van der Waals surface area contributed by atoms with Gasteiger partial charge in [-0.1, -0.05) is 279 Å². The van der Waals surface area contributed by atoms with E-state index in [-0.39, 0.29) is 0 Å². The van der Waals surface area contributed by atoms with Crippen LogP contribution >= 0.6 is 0 Å². The quantitative estimate of drug-likeness (QED) is 0.176. The van der Waals surface area contributed by atoms with Gasteiger partial charge in [0.2, 0.25) is 0 Å². The molecule has 15 aromatic carbocycles. The largest absolute Gasteiger partial charge is 0.306 e. The first-order chi connectivity index (χ1) is 49.6. The average Bonchev–Trinajstić information content (AvgIpc) is 1.49. The average molecular weight is 1270 g/mol. The van der Waals surface area contributed by atoms with Crippen molar-refractivity contribution in [2.45, 2.75) is 10.8 Å². The molecule has 0 saturated carbocycles. The van der Waals surface area contributed by atoms with Crippen LogP contribution in [0.2, 0.25) is 0 Å². The van der Waals surface area contributed by atoms with Crippen molar-refractivity contribution in [3.05, 3.63) is 371 Å². The Morgan fingerprint density at radius 2 is 0.410 bits per heavy atom. The number of hydrogen-bond acceptors (Lipinski definition) is 2. The molecule has 6 nitrogen and oxygen atoms in total. The van der Waals surface area contributed by atoms with Gasteiger partial charge in [-0.2, -0.15) is 10.5 Å². The highest BCUT2D eigenvalue weighted by molar-refractivity contribution is 6.20. The predicted molar refractivity (Wildman–Crippen MR) is 406 cm³/mol. The third-order valence-corrected chi connectivity index (χ3v) is 23.2. The second-order valence-electron chi connectivity index (χ2n) is 27.4. The van der Waals surface area contributed by atoms with Crippen LogP contribution in [0.25, 0.3) is 154 Å². The van der Waals surface area contributed by atoms with Crippen LogP contribution in [-0.2, 0) is 10.8 Å². The maximum absolute atomic E-state index is 13.7. The lowest BCUT2D eigenvalue weighted by Crippen LogP contribution is -2.27. The van der Waals surface area contributed by atoms with Crippen molar-refractivity contribution in [3.63, 3.8) is 0 Å². The van der Waals surface area contributed by atoms with Crippen LogP contribution in [-0.4, -0.2) is 18.3 Å². The van der Waals surface area contributed by atoms with Crippen LogP contribution in [0.4, 0.5) is 0 Å². The number of hydrogen-bond donors (Lipinski definition) is 0. The molecule has 4 aromatic heterocycles. The van der Waals surface area contributed by atoms with Gasteiger partial charge in [0.25, 0.3) is 0 Å². The molecule has 0 unspecified atom stereocenters. The standard InChI is InChI=1S/C94H52N6/c95-53-71-90(98-81-45-21-9-33-63(81)64-34-10-22-46-82(64)98)92(100-84-48-24-12-36-66(84)70-52-50-68-60-30-6-18-42-78(60)94(86(68)88(70)100)75-39-15-3-27-57(75)58-28-4-16-40-76(58)94)72(54-96)89(97-79-43-19-7-31-61(79)62-32-8-20-44-80(62)97)91(71)99-83-47-23-11-35-65(83)69-51-49-67-59-29-5-17-41-77(59)93(85(67)87(69)99)73-37-13-1-25-55(73)56-26-2-14-38-74(56)93/h1-52H. The van der Waals surface area contributed by atoms with E-state index >= 15 is 0 Å². The van der Waals surface area contributed by atoms with Crippen LogP contribution in [0.3, 0.4) is 0 Å². The van der Waals surface area contributed by atoms with Gasteiger partial charge in [-0.05, 0) is 114 Å². The van der Waals surface area contributed by atoms with E-state index in [1.807, 2.05) is 0 Å². The van der Waals surface area contributed by atoms with Crippen LogP contribution in [0.15, 0.2) is 315 Å². The molecule has 4 aliphatic carbocycles. The number of fused-ring (bicyclic) bond motifs is 34. The SMILES string of the molecule is N#Cc1c(-n2c3ccccc3c3ccccc32)c(-n2c3ccccc3c3ccc4c(c32)C2(c3ccccc3-c3ccccc32)c2ccccc2-4)c(C#N)c(-n2c3ccccc3c3ccccc32)c1-n1c2ccccc2c2ccc3c(c21)C1(c2ccccc2-c2ccccc21)c1ccccc1-3. The third kappa shape index (κ3) is 6.19. The van der Waals surface area contributed by atoms with Gasteiger partial charge >= 0.3 is 0 Å². The Labute approximate surface area is 573 Å². The second-order valence-corrected chi connectivity index (χ2v) is 27.4. The van der Waals surface area contributed by atoms with Gasteiger partial charge in [-0.25, -0.2) is 0 Å². The summed E-state index contributed by atoms with van der Waals surface area (Å²) in [6.45, 7) is 0. The van der Waals surface area contributed by atoms with Crippen molar-refractivity contribution in [2.24, 2.45) is 0 Å². The predicted octanol–water partition coefficient (Wildman–Crippen LogP) is 22.5. The van der Waals surface area contributed by atoms with Crippen molar-refractivity contribution in [1.29, 1.82) is 10.5 Å². The van der Waals surface area contributed by atoms with E-state index in [4.69, 9.17) is 0 Å². The number of benzene rings is 15. The number of nitrogens with zero attached hydrogens (tertiary/aromatic N) is 6. The first-order valence-electron chi connectivity index (χ1n) is 34.4. The lowest BCUT2D eigenvalue weighted by Gasteiger charge is -2.33. The number of aromatic nitrogens is 4. The smallest absolute Gasteiger partial charge is 0.104 e. The summed E-state index contributed by atoms with van der Waals surface area (Å²) in [5.74, 6) is 0. The molecule has 4 aliphatic rings. The van der Waals surface area contributed by atoms with Crippen molar-refractivity contribution >= 4 is 87.2 Å². The normalized spacial score (nSPS) is 13.7. The molecule has 0 N–H and O–H groups in total. The molecule has 458 valence electrons. The minimum Gasteiger partial charge on any atom is -0.306 e. The number of nitriles is 2. The molecule has 23 rings (SSSR count). The molecule has 0 radical (unpaired) electrons. The summed E-state index contributed by atoms with van der Waals surface area (Å²) in [5, 5.41) is 35.7. The van der Waals surface area contributed by atoms with Gasteiger partial charge in [0, 0.05) is 54.2 Å². The minimum atomic E-state index is -0.813. The van der Waals surface area contributed by atoms with Crippen molar-refractivity contribution in [1.82, 2.24) is 18.3 Å². The van der Waals surface area contributed by atoms with Gasteiger partial charge < -0.3 is 18.3 Å². The van der Waals surface area contributed by atoms with E-state index in [0.717, 1.165) is 121 Å². The zero-order valence-electron chi connectivity index (χ0n) is 53.7. The fourth-order valence-electron chi connectivity index (χ4n) is 19.8. The van der Waals surface area contributed by atoms with Crippen LogP contribution in [0, 0.1) is 22.7 Å². The molecule has 100 heavy (non-hydrogen) atoms. The second kappa shape index (κ2) is 19.2. The van der Waals surface area contributed by atoms with Crippen LogP contribution < -0.4 is 0 Å².